The molecule has 110 valence electrons. The molecule has 0 bridgehead atoms. The van der Waals surface area contributed by atoms with Gasteiger partial charge in [-0.05, 0) is 51.0 Å². The lowest BCUT2D eigenvalue weighted by Gasteiger charge is -2.40. The second-order valence-electron chi connectivity index (χ2n) is 6.94. The van der Waals surface area contributed by atoms with E-state index in [-0.39, 0.29) is 11.6 Å². The molecule has 0 amide bonds. The highest BCUT2D eigenvalue weighted by atomic mass is 16.5. The standard InChI is InChI=1S/C18H27NO/c1-13-9-14(2)11-16(10-13)17(19)15-5-8-20-18(12-15)6-3-4-7-18/h9-11,15,17H,3-8,12,19H2,1-2H3. The van der Waals surface area contributed by atoms with Gasteiger partial charge >= 0.3 is 0 Å². The van der Waals surface area contributed by atoms with E-state index in [4.69, 9.17) is 10.5 Å². The maximum absolute atomic E-state index is 6.60. The first-order valence-electron chi connectivity index (χ1n) is 8.06. The van der Waals surface area contributed by atoms with E-state index in [0.29, 0.717) is 5.92 Å². The van der Waals surface area contributed by atoms with Crippen LogP contribution in [0.15, 0.2) is 18.2 Å². The molecule has 1 aromatic rings. The van der Waals surface area contributed by atoms with Gasteiger partial charge in [0.2, 0.25) is 0 Å². The Morgan fingerprint density at radius 2 is 1.80 bits per heavy atom. The van der Waals surface area contributed by atoms with Gasteiger partial charge in [-0.1, -0.05) is 42.2 Å². The van der Waals surface area contributed by atoms with Crippen LogP contribution in [-0.4, -0.2) is 12.2 Å². The molecule has 2 unspecified atom stereocenters. The number of ether oxygens (including phenoxy) is 1. The molecule has 0 radical (unpaired) electrons. The molecule has 2 aliphatic rings. The lowest BCUT2D eigenvalue weighted by atomic mass is 9.78. The van der Waals surface area contributed by atoms with Crippen molar-refractivity contribution in [2.75, 3.05) is 6.61 Å². The number of benzene rings is 1. The third-order valence-electron chi connectivity index (χ3n) is 5.18. The van der Waals surface area contributed by atoms with E-state index in [9.17, 15) is 0 Å². The van der Waals surface area contributed by atoms with Gasteiger partial charge in [-0.3, -0.25) is 0 Å². The van der Waals surface area contributed by atoms with Crippen molar-refractivity contribution in [1.82, 2.24) is 0 Å². The van der Waals surface area contributed by atoms with Gasteiger partial charge in [0, 0.05) is 12.6 Å². The van der Waals surface area contributed by atoms with E-state index in [1.165, 1.54) is 42.4 Å². The predicted molar refractivity (Wildman–Crippen MR) is 82.7 cm³/mol. The average Bonchev–Trinajstić information content (AvgIpc) is 2.85. The molecule has 2 nitrogen and oxygen atoms in total. The summed E-state index contributed by atoms with van der Waals surface area (Å²) in [7, 11) is 0. The van der Waals surface area contributed by atoms with Gasteiger partial charge in [0.1, 0.15) is 0 Å². The number of aryl methyl sites for hydroxylation is 2. The lowest BCUT2D eigenvalue weighted by Crippen LogP contribution is -2.40. The molecule has 1 saturated carbocycles. The maximum atomic E-state index is 6.60. The molecular weight excluding hydrogens is 246 g/mol. The normalized spacial score (nSPS) is 26.9. The van der Waals surface area contributed by atoms with Crippen LogP contribution in [0.5, 0.6) is 0 Å². The molecule has 2 fully saturated rings. The van der Waals surface area contributed by atoms with Crippen LogP contribution in [0, 0.1) is 19.8 Å². The highest BCUT2D eigenvalue weighted by molar-refractivity contribution is 5.31. The zero-order valence-corrected chi connectivity index (χ0v) is 12.8. The number of hydrogen-bond donors (Lipinski definition) is 1. The number of hydrogen-bond acceptors (Lipinski definition) is 2. The van der Waals surface area contributed by atoms with Gasteiger partial charge < -0.3 is 10.5 Å². The average molecular weight is 273 g/mol. The molecule has 2 atom stereocenters. The highest BCUT2D eigenvalue weighted by Crippen LogP contribution is 2.44. The largest absolute Gasteiger partial charge is 0.375 e. The van der Waals surface area contributed by atoms with Gasteiger partial charge in [0.15, 0.2) is 0 Å². The molecule has 1 heterocycles. The Morgan fingerprint density at radius 3 is 2.45 bits per heavy atom. The summed E-state index contributed by atoms with van der Waals surface area (Å²) in [5.74, 6) is 0.572. The topological polar surface area (TPSA) is 35.2 Å². The molecule has 1 spiro atoms. The second-order valence-corrected chi connectivity index (χ2v) is 6.94. The Kier molecular flexibility index (Phi) is 3.87. The first kappa shape index (κ1) is 14.1. The summed E-state index contributed by atoms with van der Waals surface area (Å²) in [5, 5.41) is 0. The van der Waals surface area contributed by atoms with Crippen molar-refractivity contribution in [2.45, 2.75) is 64.0 Å². The minimum atomic E-state index is 0.162. The Bertz CT molecular complexity index is 456. The number of nitrogens with two attached hydrogens (primary N) is 1. The molecule has 1 aliphatic carbocycles. The van der Waals surface area contributed by atoms with E-state index < -0.39 is 0 Å². The molecule has 3 rings (SSSR count). The van der Waals surface area contributed by atoms with Gasteiger partial charge in [0.25, 0.3) is 0 Å². The zero-order chi connectivity index (χ0) is 14.2. The Hall–Kier alpha value is -0.860. The molecule has 2 N–H and O–H groups in total. The van der Waals surface area contributed by atoms with E-state index in [0.717, 1.165) is 19.4 Å². The van der Waals surface area contributed by atoms with Crippen LogP contribution in [0.3, 0.4) is 0 Å². The summed E-state index contributed by atoms with van der Waals surface area (Å²) < 4.78 is 6.13. The second kappa shape index (κ2) is 5.50. The molecule has 1 saturated heterocycles. The lowest BCUT2D eigenvalue weighted by molar-refractivity contribution is -0.0963. The molecule has 2 heteroatoms. The predicted octanol–water partition coefficient (Wildman–Crippen LogP) is 4.04. The zero-order valence-electron chi connectivity index (χ0n) is 12.8. The van der Waals surface area contributed by atoms with Crippen molar-refractivity contribution in [3.63, 3.8) is 0 Å². The minimum absolute atomic E-state index is 0.162. The van der Waals surface area contributed by atoms with Crippen molar-refractivity contribution < 1.29 is 4.74 Å². The highest BCUT2D eigenvalue weighted by Gasteiger charge is 2.41. The van der Waals surface area contributed by atoms with Crippen molar-refractivity contribution >= 4 is 0 Å². The Morgan fingerprint density at radius 1 is 1.15 bits per heavy atom. The summed E-state index contributed by atoms with van der Waals surface area (Å²) in [5.41, 5.74) is 10.7. The molecule has 1 aromatic carbocycles. The van der Waals surface area contributed by atoms with Crippen LogP contribution in [0.25, 0.3) is 0 Å². The fourth-order valence-electron chi connectivity index (χ4n) is 4.21. The van der Waals surface area contributed by atoms with E-state index in [1.807, 2.05) is 0 Å². The van der Waals surface area contributed by atoms with Gasteiger partial charge in [0.05, 0.1) is 5.60 Å². The van der Waals surface area contributed by atoms with Crippen molar-refractivity contribution in [1.29, 1.82) is 0 Å². The van der Waals surface area contributed by atoms with Crippen LogP contribution in [0.4, 0.5) is 0 Å². The molecule has 1 aliphatic heterocycles. The van der Waals surface area contributed by atoms with Crippen LogP contribution >= 0.6 is 0 Å². The first-order valence-corrected chi connectivity index (χ1v) is 8.06. The quantitative estimate of drug-likeness (QED) is 0.882. The Balaban J connectivity index is 1.77. The monoisotopic (exact) mass is 273 g/mol. The number of rotatable bonds is 2. The van der Waals surface area contributed by atoms with Gasteiger partial charge in [-0.15, -0.1) is 0 Å². The first-order chi connectivity index (χ1) is 9.58. The molecule has 0 aromatic heterocycles. The van der Waals surface area contributed by atoms with Crippen LogP contribution < -0.4 is 5.73 Å². The summed E-state index contributed by atoms with van der Waals surface area (Å²) >= 11 is 0. The molecule has 20 heavy (non-hydrogen) atoms. The minimum Gasteiger partial charge on any atom is -0.375 e. The summed E-state index contributed by atoms with van der Waals surface area (Å²) in [6.07, 6.45) is 7.39. The van der Waals surface area contributed by atoms with E-state index >= 15 is 0 Å². The van der Waals surface area contributed by atoms with Crippen molar-refractivity contribution in [2.24, 2.45) is 11.7 Å². The Labute approximate surface area is 122 Å². The fraction of sp³-hybridized carbons (Fsp3) is 0.667. The van der Waals surface area contributed by atoms with Crippen LogP contribution in [0.2, 0.25) is 0 Å². The van der Waals surface area contributed by atoms with Crippen LogP contribution in [-0.2, 0) is 4.74 Å². The van der Waals surface area contributed by atoms with Crippen LogP contribution in [0.1, 0.15) is 61.3 Å². The van der Waals surface area contributed by atoms with Gasteiger partial charge in [-0.25, -0.2) is 0 Å². The maximum Gasteiger partial charge on any atom is 0.0685 e. The summed E-state index contributed by atoms with van der Waals surface area (Å²) in [4.78, 5) is 0. The smallest absolute Gasteiger partial charge is 0.0685 e. The van der Waals surface area contributed by atoms with E-state index in [2.05, 4.69) is 32.0 Å². The third-order valence-corrected chi connectivity index (χ3v) is 5.18. The van der Waals surface area contributed by atoms with Gasteiger partial charge in [-0.2, -0.15) is 0 Å². The van der Waals surface area contributed by atoms with Crippen molar-refractivity contribution in [3.05, 3.63) is 34.9 Å². The van der Waals surface area contributed by atoms with Crippen molar-refractivity contribution in [3.8, 4) is 0 Å². The SMILES string of the molecule is Cc1cc(C)cc(C(N)C2CCOC3(CCCC3)C2)c1. The van der Waals surface area contributed by atoms with E-state index in [1.54, 1.807) is 0 Å². The summed E-state index contributed by atoms with van der Waals surface area (Å²) in [6, 6.07) is 6.90. The third kappa shape index (κ3) is 2.77. The molecular formula is C18H27NO. The summed E-state index contributed by atoms with van der Waals surface area (Å²) in [6.45, 7) is 5.21. The fourth-order valence-corrected chi connectivity index (χ4v) is 4.21.